The van der Waals surface area contributed by atoms with Crippen LogP contribution < -0.4 is 10.6 Å². The third-order valence-corrected chi connectivity index (χ3v) is 6.46. The summed E-state index contributed by atoms with van der Waals surface area (Å²) in [6.45, 7) is 9.06. The van der Waals surface area contributed by atoms with E-state index in [0.29, 0.717) is 18.4 Å². The third kappa shape index (κ3) is 10.8. The number of aliphatic hydroxyl groups excluding tert-OH is 1. The van der Waals surface area contributed by atoms with E-state index in [1.54, 1.807) is 19.1 Å². The Labute approximate surface area is 237 Å². The second-order valence-electron chi connectivity index (χ2n) is 9.83. The molecule has 0 saturated heterocycles. The van der Waals surface area contributed by atoms with Crippen LogP contribution in [-0.2, 0) is 30.3 Å². The highest BCUT2D eigenvalue weighted by Crippen LogP contribution is 2.26. The van der Waals surface area contributed by atoms with Gasteiger partial charge in [-0.15, -0.1) is 13.2 Å². The molecule has 0 aliphatic carbocycles. The van der Waals surface area contributed by atoms with Gasteiger partial charge in [-0.1, -0.05) is 72.8 Å². The molecule has 216 valence electrons. The van der Waals surface area contributed by atoms with Crippen LogP contribution in [0.5, 0.6) is 0 Å². The molecule has 0 aromatic heterocycles. The Morgan fingerprint density at radius 3 is 2.10 bits per heavy atom. The van der Waals surface area contributed by atoms with Gasteiger partial charge in [0.25, 0.3) is 0 Å². The fourth-order valence-electron chi connectivity index (χ4n) is 4.38. The largest absolute Gasteiger partial charge is 0.455 e. The third-order valence-electron chi connectivity index (χ3n) is 6.46. The Kier molecular flexibility index (Phi) is 14.4. The van der Waals surface area contributed by atoms with E-state index in [2.05, 4.69) is 23.8 Å². The van der Waals surface area contributed by atoms with Gasteiger partial charge in [0, 0.05) is 19.6 Å². The summed E-state index contributed by atoms with van der Waals surface area (Å²) in [5.74, 6) is -2.33. The molecule has 2 aromatic rings. The summed E-state index contributed by atoms with van der Waals surface area (Å²) < 4.78 is 11.5. The number of ether oxygens (including phenoxy) is 2. The molecule has 0 spiro atoms. The molecular formula is C32H42N2O6. The summed E-state index contributed by atoms with van der Waals surface area (Å²) >= 11 is 0. The van der Waals surface area contributed by atoms with Crippen molar-refractivity contribution < 1.29 is 29.0 Å². The monoisotopic (exact) mass is 550 g/mol. The van der Waals surface area contributed by atoms with Crippen molar-refractivity contribution >= 4 is 17.8 Å². The van der Waals surface area contributed by atoms with Gasteiger partial charge >= 0.3 is 5.97 Å². The predicted molar refractivity (Wildman–Crippen MR) is 155 cm³/mol. The van der Waals surface area contributed by atoms with Crippen LogP contribution in [0.4, 0.5) is 0 Å². The zero-order chi connectivity index (χ0) is 29.3. The van der Waals surface area contributed by atoms with Crippen LogP contribution >= 0.6 is 0 Å². The first-order valence-electron chi connectivity index (χ1n) is 13.5. The average Bonchev–Trinajstić information content (AvgIpc) is 2.96. The number of benzene rings is 2. The smallest absolute Gasteiger partial charge is 0.310 e. The SMILES string of the molecule is C=CCC(CC(=O)NC(C)CO)C(=O)NC(COC)C(OC(=O)C(CC=C)Cc1ccccc1)c1ccccc1. The van der Waals surface area contributed by atoms with Crippen LogP contribution in [0.25, 0.3) is 0 Å². The van der Waals surface area contributed by atoms with E-state index in [-0.39, 0.29) is 32.0 Å². The lowest BCUT2D eigenvalue weighted by molar-refractivity contribution is -0.158. The number of carbonyl (C=O) groups excluding carboxylic acids is 3. The second kappa shape index (κ2) is 17.8. The van der Waals surface area contributed by atoms with Crippen molar-refractivity contribution in [2.75, 3.05) is 20.3 Å². The molecule has 8 nitrogen and oxygen atoms in total. The van der Waals surface area contributed by atoms with Crippen LogP contribution in [0.15, 0.2) is 86.0 Å². The maximum atomic E-state index is 13.5. The highest BCUT2D eigenvalue weighted by molar-refractivity contribution is 5.86. The second-order valence-corrected chi connectivity index (χ2v) is 9.83. The van der Waals surface area contributed by atoms with Crippen molar-refractivity contribution in [3.63, 3.8) is 0 Å². The quantitative estimate of drug-likeness (QED) is 0.192. The molecule has 40 heavy (non-hydrogen) atoms. The number of allylic oxidation sites excluding steroid dienone is 2. The Morgan fingerprint density at radius 1 is 0.925 bits per heavy atom. The van der Waals surface area contributed by atoms with Gasteiger partial charge in [-0.3, -0.25) is 14.4 Å². The van der Waals surface area contributed by atoms with Crippen molar-refractivity contribution in [3.05, 3.63) is 97.1 Å². The maximum Gasteiger partial charge on any atom is 0.310 e. The topological polar surface area (TPSA) is 114 Å². The molecule has 0 radical (unpaired) electrons. The predicted octanol–water partition coefficient (Wildman–Crippen LogP) is 3.92. The molecule has 0 bridgehead atoms. The Bertz CT molecular complexity index is 1080. The van der Waals surface area contributed by atoms with Gasteiger partial charge in [0.2, 0.25) is 11.8 Å². The van der Waals surface area contributed by atoms with Crippen LogP contribution in [0.3, 0.4) is 0 Å². The first kappa shape index (κ1) is 32.5. The normalized spacial score (nSPS) is 14.6. The molecule has 0 aliphatic rings. The maximum absolute atomic E-state index is 13.5. The van der Waals surface area contributed by atoms with E-state index in [1.165, 1.54) is 7.11 Å². The summed E-state index contributed by atoms with van der Waals surface area (Å²) in [4.78, 5) is 39.4. The Hall–Kier alpha value is -3.75. The standard InChI is InChI=1S/C32H42N2O6/c1-5-13-26(20-29(36)33-23(3)21-35)31(37)34-28(22-39-4)30(25-17-11-8-12-18-25)40-32(38)27(14-6-2)19-24-15-9-7-10-16-24/h5-12,15-18,23,26-28,30,35H,1-2,13-14,19-22H2,3-4H3,(H,33,36)(H,34,37). The molecule has 2 aromatic carbocycles. The van der Waals surface area contributed by atoms with Gasteiger partial charge in [0.15, 0.2) is 0 Å². The lowest BCUT2D eigenvalue weighted by Gasteiger charge is -2.30. The number of hydrogen-bond acceptors (Lipinski definition) is 6. The number of rotatable bonds is 18. The molecule has 3 N–H and O–H groups in total. The highest BCUT2D eigenvalue weighted by atomic mass is 16.5. The van der Waals surface area contributed by atoms with Crippen LogP contribution in [-0.4, -0.2) is 55.3 Å². The summed E-state index contributed by atoms with van der Waals surface area (Å²) in [6, 6.07) is 17.7. The average molecular weight is 551 g/mol. The zero-order valence-corrected chi connectivity index (χ0v) is 23.5. The van der Waals surface area contributed by atoms with Gasteiger partial charge in [-0.05, 0) is 37.3 Å². The summed E-state index contributed by atoms with van der Waals surface area (Å²) in [7, 11) is 1.50. The van der Waals surface area contributed by atoms with E-state index in [0.717, 1.165) is 5.56 Å². The van der Waals surface area contributed by atoms with E-state index >= 15 is 0 Å². The van der Waals surface area contributed by atoms with E-state index in [9.17, 15) is 19.5 Å². The molecule has 0 saturated carbocycles. The minimum Gasteiger partial charge on any atom is -0.455 e. The molecular weight excluding hydrogens is 508 g/mol. The first-order chi connectivity index (χ1) is 19.3. The molecule has 0 fully saturated rings. The fraction of sp³-hybridized carbons (Fsp3) is 0.406. The number of carbonyl (C=O) groups is 3. The molecule has 0 aliphatic heterocycles. The molecule has 5 atom stereocenters. The van der Waals surface area contributed by atoms with Crippen molar-refractivity contribution in [1.29, 1.82) is 0 Å². The van der Waals surface area contributed by atoms with Crippen molar-refractivity contribution in [2.24, 2.45) is 11.8 Å². The minimum atomic E-state index is -0.840. The molecule has 5 unspecified atom stereocenters. The Morgan fingerprint density at radius 2 is 1.52 bits per heavy atom. The van der Waals surface area contributed by atoms with Crippen LogP contribution in [0.1, 0.15) is 43.4 Å². The number of hydrogen-bond donors (Lipinski definition) is 3. The van der Waals surface area contributed by atoms with Gasteiger partial charge in [-0.2, -0.15) is 0 Å². The van der Waals surface area contributed by atoms with Crippen molar-refractivity contribution in [3.8, 4) is 0 Å². The van der Waals surface area contributed by atoms with Crippen molar-refractivity contribution in [2.45, 2.75) is 50.8 Å². The highest BCUT2D eigenvalue weighted by Gasteiger charge is 2.33. The number of methoxy groups -OCH3 is 1. The van der Waals surface area contributed by atoms with E-state index in [1.807, 2.05) is 60.7 Å². The number of amides is 2. The van der Waals surface area contributed by atoms with Gasteiger partial charge in [0.1, 0.15) is 6.10 Å². The van der Waals surface area contributed by atoms with Crippen LogP contribution in [0.2, 0.25) is 0 Å². The van der Waals surface area contributed by atoms with Crippen LogP contribution in [0, 0.1) is 11.8 Å². The number of aliphatic hydroxyl groups is 1. The molecule has 8 heteroatoms. The van der Waals surface area contributed by atoms with Crippen molar-refractivity contribution in [1.82, 2.24) is 10.6 Å². The number of nitrogens with one attached hydrogen (secondary N) is 2. The van der Waals surface area contributed by atoms with Gasteiger partial charge in [0.05, 0.1) is 31.1 Å². The minimum absolute atomic E-state index is 0.0674. The summed E-state index contributed by atoms with van der Waals surface area (Å²) in [5.41, 5.74) is 1.70. The first-order valence-corrected chi connectivity index (χ1v) is 13.5. The van der Waals surface area contributed by atoms with E-state index < -0.39 is 41.9 Å². The summed E-state index contributed by atoms with van der Waals surface area (Å²) in [5, 5.41) is 14.9. The lowest BCUT2D eigenvalue weighted by Crippen LogP contribution is -2.47. The molecule has 0 heterocycles. The lowest BCUT2D eigenvalue weighted by atomic mass is 9.95. The van der Waals surface area contributed by atoms with Gasteiger partial charge < -0.3 is 25.2 Å². The molecule has 2 amide bonds. The Balaban J connectivity index is 2.29. The van der Waals surface area contributed by atoms with E-state index in [4.69, 9.17) is 9.47 Å². The molecule has 2 rings (SSSR count). The van der Waals surface area contributed by atoms with Gasteiger partial charge in [-0.25, -0.2) is 0 Å². The fourth-order valence-corrected chi connectivity index (χ4v) is 4.38. The zero-order valence-electron chi connectivity index (χ0n) is 23.5. The number of esters is 1. The summed E-state index contributed by atoms with van der Waals surface area (Å²) in [6.07, 6.45) is 3.53.